The van der Waals surface area contributed by atoms with Gasteiger partial charge in [0.15, 0.2) is 0 Å². The van der Waals surface area contributed by atoms with Crippen LogP contribution in [0.25, 0.3) is 11.0 Å². The third kappa shape index (κ3) is 3.80. The second-order valence-electron chi connectivity index (χ2n) is 5.06. The molecule has 8 heteroatoms. The number of nitrogens with one attached hydrogen (secondary N) is 5. The van der Waals surface area contributed by atoms with Crippen LogP contribution in [-0.2, 0) is 4.79 Å². The fraction of sp³-hybridized carbons (Fsp3) is 0.0625. The smallest absolute Gasteiger partial charge is 0.323 e. The van der Waals surface area contributed by atoms with E-state index in [-0.39, 0.29) is 18.1 Å². The molecule has 3 amide bonds. The van der Waals surface area contributed by atoms with E-state index in [1.165, 1.54) is 0 Å². The van der Waals surface area contributed by atoms with E-state index in [9.17, 15) is 14.4 Å². The number of para-hydroxylation sites is 1. The van der Waals surface area contributed by atoms with Crippen molar-refractivity contribution >= 4 is 34.3 Å². The Labute approximate surface area is 136 Å². The summed E-state index contributed by atoms with van der Waals surface area (Å²) in [5, 5.41) is 7.73. The van der Waals surface area contributed by atoms with E-state index in [1.54, 1.807) is 42.5 Å². The lowest BCUT2D eigenvalue weighted by Crippen LogP contribution is -2.35. The second-order valence-corrected chi connectivity index (χ2v) is 5.06. The molecule has 0 atom stereocenters. The van der Waals surface area contributed by atoms with Gasteiger partial charge in [0, 0.05) is 11.4 Å². The van der Waals surface area contributed by atoms with Crippen LogP contribution in [0, 0.1) is 0 Å². The summed E-state index contributed by atoms with van der Waals surface area (Å²) in [7, 11) is 0. The maximum Gasteiger partial charge on any atom is 0.323 e. The maximum absolute atomic E-state index is 11.9. The predicted molar refractivity (Wildman–Crippen MR) is 91.0 cm³/mol. The summed E-state index contributed by atoms with van der Waals surface area (Å²) in [4.78, 5) is 40.0. The van der Waals surface area contributed by atoms with Crippen LogP contribution in [0.2, 0.25) is 0 Å². The Morgan fingerprint density at radius 3 is 2.42 bits per heavy atom. The number of rotatable bonds is 4. The summed E-state index contributed by atoms with van der Waals surface area (Å²) < 4.78 is 0. The van der Waals surface area contributed by atoms with Crippen LogP contribution in [0.4, 0.5) is 16.2 Å². The lowest BCUT2D eigenvalue weighted by molar-refractivity contribution is -0.115. The Morgan fingerprint density at radius 2 is 1.62 bits per heavy atom. The molecule has 122 valence electrons. The van der Waals surface area contributed by atoms with Crippen LogP contribution in [0.15, 0.2) is 53.3 Å². The molecular weight excluding hydrogens is 310 g/mol. The molecule has 1 aromatic heterocycles. The highest BCUT2D eigenvalue weighted by Crippen LogP contribution is 2.14. The molecule has 0 spiro atoms. The highest BCUT2D eigenvalue weighted by molar-refractivity contribution is 5.97. The zero-order valence-corrected chi connectivity index (χ0v) is 12.6. The number of hydrogen-bond donors (Lipinski definition) is 5. The normalized spacial score (nSPS) is 10.3. The van der Waals surface area contributed by atoms with Crippen LogP contribution in [-0.4, -0.2) is 28.5 Å². The van der Waals surface area contributed by atoms with Gasteiger partial charge < -0.3 is 25.9 Å². The van der Waals surface area contributed by atoms with E-state index >= 15 is 0 Å². The summed E-state index contributed by atoms with van der Waals surface area (Å²) in [6, 6.07) is 13.4. The summed E-state index contributed by atoms with van der Waals surface area (Å²) in [6.07, 6.45) is 0. The van der Waals surface area contributed by atoms with Gasteiger partial charge in [-0.3, -0.25) is 4.79 Å². The number of H-pyrrole nitrogens is 2. The monoisotopic (exact) mass is 325 g/mol. The first-order valence-electron chi connectivity index (χ1n) is 7.22. The number of benzene rings is 2. The first kappa shape index (κ1) is 15.3. The summed E-state index contributed by atoms with van der Waals surface area (Å²) in [5.74, 6) is -0.379. The fourth-order valence-electron chi connectivity index (χ4n) is 2.17. The molecule has 0 saturated heterocycles. The molecule has 24 heavy (non-hydrogen) atoms. The van der Waals surface area contributed by atoms with Crippen molar-refractivity contribution in [3.8, 4) is 0 Å². The van der Waals surface area contributed by atoms with Gasteiger partial charge in [-0.25, -0.2) is 9.59 Å². The molecule has 5 N–H and O–H groups in total. The first-order valence-corrected chi connectivity index (χ1v) is 7.22. The van der Waals surface area contributed by atoms with Crippen LogP contribution in [0.5, 0.6) is 0 Å². The maximum atomic E-state index is 11.9. The predicted octanol–water partition coefficient (Wildman–Crippen LogP) is 1.62. The summed E-state index contributed by atoms with van der Waals surface area (Å²) >= 11 is 0. The van der Waals surface area contributed by atoms with Crippen molar-refractivity contribution in [3.63, 3.8) is 0 Å². The molecule has 3 aromatic rings. The number of fused-ring (bicyclic) bond motifs is 1. The van der Waals surface area contributed by atoms with Gasteiger partial charge in [0.05, 0.1) is 17.6 Å². The molecule has 8 nitrogen and oxygen atoms in total. The zero-order chi connectivity index (χ0) is 16.9. The number of urea groups is 1. The Hall–Kier alpha value is -3.55. The van der Waals surface area contributed by atoms with Crippen molar-refractivity contribution in [2.24, 2.45) is 0 Å². The molecule has 0 fully saturated rings. The van der Waals surface area contributed by atoms with E-state index in [0.717, 1.165) is 0 Å². The molecule has 0 radical (unpaired) electrons. The highest BCUT2D eigenvalue weighted by Gasteiger charge is 2.07. The summed E-state index contributed by atoms with van der Waals surface area (Å²) in [6.45, 7) is -0.180. The third-order valence-corrected chi connectivity index (χ3v) is 3.24. The fourth-order valence-corrected chi connectivity index (χ4v) is 2.17. The van der Waals surface area contributed by atoms with E-state index in [0.29, 0.717) is 22.4 Å². The average Bonchev–Trinajstić information content (AvgIpc) is 2.93. The molecular formula is C16H15N5O3. The standard InChI is InChI=1S/C16H15N5O3/c22-14(9-17-15(23)19-10-4-2-1-3-5-10)18-11-6-7-12-13(8-11)21-16(24)20-12/h1-8H,9H2,(H,18,22)(H2,17,19,23)(H2,20,21,24). The molecule has 1 heterocycles. The SMILES string of the molecule is O=C(CNC(=O)Nc1ccccc1)Nc1ccc2[nH]c(=O)[nH]c2c1. The van der Waals surface area contributed by atoms with E-state index < -0.39 is 6.03 Å². The minimum Gasteiger partial charge on any atom is -0.329 e. The van der Waals surface area contributed by atoms with Crippen molar-refractivity contribution in [2.45, 2.75) is 0 Å². The minimum atomic E-state index is -0.471. The van der Waals surface area contributed by atoms with Crippen LogP contribution in [0.3, 0.4) is 0 Å². The molecule has 0 bridgehead atoms. The number of imidazole rings is 1. The van der Waals surface area contributed by atoms with Crippen molar-refractivity contribution in [1.82, 2.24) is 15.3 Å². The molecule has 2 aromatic carbocycles. The van der Waals surface area contributed by atoms with Crippen molar-refractivity contribution < 1.29 is 9.59 Å². The number of anilines is 2. The topological polar surface area (TPSA) is 119 Å². The number of carbonyl (C=O) groups is 2. The number of aromatic nitrogens is 2. The molecule has 0 unspecified atom stereocenters. The van der Waals surface area contributed by atoms with E-state index in [2.05, 4.69) is 25.9 Å². The van der Waals surface area contributed by atoms with Crippen molar-refractivity contribution in [2.75, 3.05) is 17.2 Å². The second kappa shape index (κ2) is 6.69. The summed E-state index contributed by atoms with van der Waals surface area (Å²) in [5.41, 5.74) is 2.09. The Morgan fingerprint density at radius 1 is 0.875 bits per heavy atom. The van der Waals surface area contributed by atoms with Gasteiger partial charge in [-0.2, -0.15) is 0 Å². The van der Waals surface area contributed by atoms with Crippen molar-refractivity contribution in [3.05, 3.63) is 59.0 Å². The van der Waals surface area contributed by atoms with E-state index in [4.69, 9.17) is 0 Å². The quantitative estimate of drug-likeness (QED) is 0.501. The van der Waals surface area contributed by atoms with E-state index in [1.807, 2.05) is 6.07 Å². The van der Waals surface area contributed by atoms with Crippen LogP contribution >= 0.6 is 0 Å². The lowest BCUT2D eigenvalue weighted by Gasteiger charge is -2.08. The van der Waals surface area contributed by atoms with Gasteiger partial charge >= 0.3 is 11.7 Å². The number of carbonyl (C=O) groups excluding carboxylic acids is 2. The van der Waals surface area contributed by atoms with Gasteiger partial charge in [0.1, 0.15) is 0 Å². The molecule has 0 saturated carbocycles. The van der Waals surface area contributed by atoms with Gasteiger partial charge in [-0.1, -0.05) is 18.2 Å². The molecule has 0 aliphatic rings. The average molecular weight is 325 g/mol. The van der Waals surface area contributed by atoms with Crippen LogP contribution < -0.4 is 21.6 Å². The first-order chi connectivity index (χ1) is 11.6. The Kier molecular flexibility index (Phi) is 4.28. The Balaban J connectivity index is 1.53. The molecule has 3 rings (SSSR count). The number of amides is 3. The molecule has 0 aliphatic carbocycles. The largest absolute Gasteiger partial charge is 0.329 e. The highest BCUT2D eigenvalue weighted by atomic mass is 16.2. The number of hydrogen-bond acceptors (Lipinski definition) is 3. The molecule has 0 aliphatic heterocycles. The van der Waals surface area contributed by atoms with Crippen LogP contribution in [0.1, 0.15) is 0 Å². The Bertz CT molecular complexity index is 930. The van der Waals surface area contributed by atoms with Crippen molar-refractivity contribution in [1.29, 1.82) is 0 Å². The van der Waals surface area contributed by atoms with Gasteiger partial charge in [-0.15, -0.1) is 0 Å². The van der Waals surface area contributed by atoms with Gasteiger partial charge in [0.25, 0.3) is 0 Å². The minimum absolute atomic E-state index is 0.180. The zero-order valence-electron chi connectivity index (χ0n) is 12.6. The lowest BCUT2D eigenvalue weighted by atomic mass is 10.2. The number of aromatic amines is 2. The third-order valence-electron chi connectivity index (χ3n) is 3.24. The van der Waals surface area contributed by atoms with Gasteiger partial charge in [0.2, 0.25) is 5.91 Å². The van der Waals surface area contributed by atoms with Gasteiger partial charge in [-0.05, 0) is 30.3 Å².